The van der Waals surface area contributed by atoms with Gasteiger partial charge in [0.05, 0.1) is 21.0 Å². The zero-order chi connectivity index (χ0) is 26.1. The van der Waals surface area contributed by atoms with Gasteiger partial charge in [0.2, 0.25) is 0 Å². The normalized spacial score (nSPS) is 15.1. The van der Waals surface area contributed by atoms with Crippen LogP contribution in [-0.4, -0.2) is 50.4 Å². The second-order valence-electron chi connectivity index (χ2n) is 8.15. The van der Waals surface area contributed by atoms with E-state index in [2.05, 4.69) is 0 Å². The lowest BCUT2D eigenvalue weighted by Gasteiger charge is -2.33. The van der Waals surface area contributed by atoms with Crippen molar-refractivity contribution in [3.63, 3.8) is 0 Å². The van der Waals surface area contributed by atoms with Gasteiger partial charge in [0.1, 0.15) is 0 Å². The minimum absolute atomic E-state index is 0.0134. The second kappa shape index (κ2) is 9.86. The molecular weight excluding hydrogens is 509 g/mol. The van der Waals surface area contributed by atoms with Gasteiger partial charge < -0.3 is 10.6 Å². The highest BCUT2D eigenvalue weighted by Gasteiger charge is 2.37. The number of sulfone groups is 1. The number of nitrogens with one attached hydrogen (secondary N) is 2. The number of likely N-dealkylation sites (tertiary alicyclic amines) is 1. The number of rotatable bonds is 4. The molecule has 35 heavy (non-hydrogen) atoms. The first-order chi connectivity index (χ1) is 16.2. The summed E-state index contributed by atoms with van der Waals surface area (Å²) in [6.07, 6.45) is -3.22. The van der Waals surface area contributed by atoms with Crippen LogP contribution < -0.4 is 11.1 Å². The summed E-state index contributed by atoms with van der Waals surface area (Å²) in [5.74, 6) is -2.56. The molecule has 13 heteroatoms. The smallest absolute Gasteiger partial charge is 0.370 e. The summed E-state index contributed by atoms with van der Waals surface area (Å²) >= 11 is 6.13. The minimum Gasteiger partial charge on any atom is -0.370 e. The summed E-state index contributed by atoms with van der Waals surface area (Å²) in [6.45, 7) is 0.328. The van der Waals surface area contributed by atoms with Crippen LogP contribution in [0.1, 0.15) is 50.6 Å². The number of carbonyl (C=O) groups is 2. The van der Waals surface area contributed by atoms with Gasteiger partial charge in [0, 0.05) is 24.9 Å². The van der Waals surface area contributed by atoms with Gasteiger partial charge >= 0.3 is 6.18 Å². The first-order valence-corrected chi connectivity index (χ1v) is 12.6. The first kappa shape index (κ1) is 26.5. The Bertz CT molecular complexity index is 1290. The molecule has 0 spiro atoms. The number of benzene rings is 2. The fourth-order valence-electron chi connectivity index (χ4n) is 3.96. The van der Waals surface area contributed by atoms with Crippen LogP contribution in [0, 0.1) is 5.41 Å². The molecule has 0 radical (unpaired) electrons. The van der Waals surface area contributed by atoms with E-state index in [0.717, 1.165) is 12.3 Å². The number of carbonyl (C=O) groups excluding carboxylic acids is 2. The number of alkyl halides is 3. The van der Waals surface area contributed by atoms with E-state index in [1.165, 1.54) is 35.2 Å². The molecule has 0 unspecified atom stereocenters. The van der Waals surface area contributed by atoms with Crippen molar-refractivity contribution in [2.75, 3.05) is 19.3 Å². The van der Waals surface area contributed by atoms with Gasteiger partial charge in [-0.25, -0.2) is 8.42 Å². The molecule has 0 aliphatic carbocycles. The van der Waals surface area contributed by atoms with Crippen molar-refractivity contribution in [2.45, 2.75) is 29.8 Å². The number of amides is 2. The van der Waals surface area contributed by atoms with Crippen LogP contribution in [0.2, 0.25) is 5.02 Å². The van der Waals surface area contributed by atoms with Crippen LogP contribution in [0.3, 0.4) is 0 Å². The molecule has 3 rings (SSSR count). The molecule has 2 aromatic carbocycles. The standard InChI is InChI=1S/C22H22ClF3N4O4S/c1-35(33,34)14-3-5-16(18(23)11-14)20(32)30-8-6-12(7-9-30)15-4-2-13(19(31)29-21(27)28)10-17(15)22(24,25)26/h2-5,10-12H,6-9H2,1H3,(H4,27,28,29,31). The Morgan fingerprint density at radius 2 is 1.77 bits per heavy atom. The molecular formula is C22H22ClF3N4O4S. The van der Waals surface area contributed by atoms with Crippen LogP contribution in [0.4, 0.5) is 13.2 Å². The summed E-state index contributed by atoms with van der Waals surface area (Å²) in [6, 6.07) is 7.00. The van der Waals surface area contributed by atoms with Gasteiger partial charge in [-0.1, -0.05) is 17.7 Å². The van der Waals surface area contributed by atoms with E-state index < -0.39 is 45.3 Å². The summed E-state index contributed by atoms with van der Waals surface area (Å²) in [5, 5.41) is 9.00. The van der Waals surface area contributed by atoms with Crippen molar-refractivity contribution >= 4 is 39.2 Å². The summed E-state index contributed by atoms with van der Waals surface area (Å²) in [4.78, 5) is 26.3. The van der Waals surface area contributed by atoms with Gasteiger partial charge in [0.15, 0.2) is 15.8 Å². The summed E-state index contributed by atoms with van der Waals surface area (Å²) < 4.78 is 64.7. The molecule has 1 saturated heterocycles. The molecule has 0 bridgehead atoms. The summed E-state index contributed by atoms with van der Waals surface area (Å²) in [7, 11) is -3.50. The number of hydrogen-bond donors (Lipinski definition) is 3. The van der Waals surface area contributed by atoms with Crippen LogP contribution in [0.25, 0.3) is 0 Å². The van der Waals surface area contributed by atoms with Crippen molar-refractivity contribution in [1.82, 2.24) is 10.2 Å². The van der Waals surface area contributed by atoms with Gasteiger partial charge in [-0.05, 0) is 54.7 Å². The van der Waals surface area contributed by atoms with Crippen LogP contribution >= 0.6 is 11.6 Å². The molecule has 1 aliphatic heterocycles. The molecule has 2 aromatic rings. The Morgan fingerprint density at radius 1 is 1.14 bits per heavy atom. The first-order valence-electron chi connectivity index (χ1n) is 10.3. The lowest BCUT2D eigenvalue weighted by atomic mass is 9.85. The van der Waals surface area contributed by atoms with Crippen molar-refractivity contribution in [2.24, 2.45) is 5.73 Å². The molecule has 1 fully saturated rings. The molecule has 1 aliphatic rings. The van der Waals surface area contributed by atoms with E-state index in [1.54, 1.807) is 0 Å². The van der Waals surface area contributed by atoms with Gasteiger partial charge in [0.25, 0.3) is 11.8 Å². The maximum Gasteiger partial charge on any atom is 0.416 e. The average Bonchev–Trinajstić information content (AvgIpc) is 2.76. The van der Waals surface area contributed by atoms with Crippen molar-refractivity contribution < 1.29 is 31.2 Å². The highest BCUT2D eigenvalue weighted by Crippen LogP contribution is 2.39. The van der Waals surface area contributed by atoms with Gasteiger partial charge in [-0.15, -0.1) is 0 Å². The maximum absolute atomic E-state index is 13.8. The number of piperidine rings is 1. The fraction of sp³-hybridized carbons (Fsp3) is 0.318. The molecule has 0 atom stereocenters. The van der Waals surface area contributed by atoms with Crippen LogP contribution in [-0.2, 0) is 16.0 Å². The third-order valence-corrected chi connectivity index (χ3v) is 7.11. The van der Waals surface area contributed by atoms with Crippen LogP contribution in [0.15, 0.2) is 41.3 Å². The molecule has 8 nitrogen and oxygen atoms in total. The Balaban J connectivity index is 1.79. The maximum atomic E-state index is 13.8. The Kier molecular flexibility index (Phi) is 7.46. The Hall–Kier alpha value is -3.12. The predicted molar refractivity (Wildman–Crippen MR) is 123 cm³/mol. The molecule has 2 amide bonds. The fourth-order valence-corrected chi connectivity index (χ4v) is 4.93. The van der Waals surface area contributed by atoms with Gasteiger partial charge in [-0.3, -0.25) is 20.3 Å². The monoisotopic (exact) mass is 530 g/mol. The SMILES string of the molecule is CS(=O)(=O)c1ccc(C(=O)N2CCC(c3ccc(C(=O)NC(=N)N)cc3C(F)(F)F)CC2)c(Cl)c1. The number of hydrogen-bond acceptors (Lipinski definition) is 5. The topological polar surface area (TPSA) is 133 Å². The van der Waals surface area contributed by atoms with Crippen LogP contribution in [0.5, 0.6) is 0 Å². The largest absolute Gasteiger partial charge is 0.416 e. The number of nitrogens with two attached hydrogens (primary N) is 1. The molecule has 0 saturated carbocycles. The lowest BCUT2D eigenvalue weighted by molar-refractivity contribution is -0.138. The van der Waals surface area contributed by atoms with E-state index in [9.17, 15) is 31.2 Å². The van der Waals surface area contributed by atoms with E-state index in [0.29, 0.717) is 0 Å². The zero-order valence-corrected chi connectivity index (χ0v) is 20.0. The number of halogens is 4. The summed E-state index contributed by atoms with van der Waals surface area (Å²) in [5.41, 5.74) is 3.96. The molecule has 4 N–H and O–H groups in total. The number of nitrogens with zero attached hydrogens (tertiary/aromatic N) is 1. The van der Waals surface area contributed by atoms with Crippen molar-refractivity contribution in [3.05, 3.63) is 63.7 Å². The van der Waals surface area contributed by atoms with Crippen molar-refractivity contribution in [3.8, 4) is 0 Å². The predicted octanol–water partition coefficient (Wildman–Crippen LogP) is 3.41. The highest BCUT2D eigenvalue weighted by atomic mass is 35.5. The van der Waals surface area contributed by atoms with Crippen molar-refractivity contribution in [1.29, 1.82) is 5.41 Å². The third kappa shape index (κ3) is 6.12. The average molecular weight is 531 g/mol. The van der Waals surface area contributed by atoms with E-state index in [1.807, 2.05) is 5.32 Å². The Labute approximate surface area is 204 Å². The number of guanidine groups is 1. The second-order valence-corrected chi connectivity index (χ2v) is 10.6. The zero-order valence-electron chi connectivity index (χ0n) is 18.4. The molecule has 1 heterocycles. The lowest BCUT2D eigenvalue weighted by Crippen LogP contribution is -2.38. The van der Waals surface area contributed by atoms with E-state index >= 15 is 0 Å². The quantitative estimate of drug-likeness (QED) is 0.411. The molecule has 188 valence electrons. The van der Waals surface area contributed by atoms with E-state index in [-0.39, 0.29) is 52.5 Å². The van der Waals surface area contributed by atoms with E-state index in [4.69, 9.17) is 22.7 Å². The molecule has 0 aromatic heterocycles. The highest BCUT2D eigenvalue weighted by molar-refractivity contribution is 7.90. The minimum atomic E-state index is -4.72. The Morgan fingerprint density at radius 3 is 2.29 bits per heavy atom. The third-order valence-electron chi connectivity index (χ3n) is 5.69. The van der Waals surface area contributed by atoms with Gasteiger partial charge in [-0.2, -0.15) is 13.2 Å².